The average molecular weight is 444 g/mol. The molecule has 31 heavy (non-hydrogen) atoms. The zero-order valence-corrected chi connectivity index (χ0v) is 17.9. The van der Waals surface area contributed by atoms with Gasteiger partial charge in [0.2, 0.25) is 0 Å². The van der Waals surface area contributed by atoms with Crippen LogP contribution < -0.4 is 10.1 Å². The number of amides is 1. The van der Waals surface area contributed by atoms with Crippen LogP contribution in [0.15, 0.2) is 48.5 Å². The number of nitrogens with zero attached hydrogens (tertiary/aromatic N) is 2. The largest absolute Gasteiger partial charge is 0.484 e. The maximum absolute atomic E-state index is 13.3. The molecule has 1 aliphatic heterocycles. The minimum absolute atomic E-state index is 0.196. The van der Waals surface area contributed by atoms with Crippen LogP contribution in [-0.4, -0.2) is 30.7 Å². The zero-order valence-electron chi connectivity index (χ0n) is 17.1. The van der Waals surface area contributed by atoms with Crippen molar-refractivity contribution in [2.45, 2.75) is 31.3 Å². The Bertz CT molecular complexity index is 1220. The summed E-state index contributed by atoms with van der Waals surface area (Å²) in [5.41, 5.74) is 2.49. The van der Waals surface area contributed by atoms with Crippen molar-refractivity contribution in [2.24, 2.45) is 0 Å². The molecule has 0 atom stereocenters. The van der Waals surface area contributed by atoms with Gasteiger partial charge in [0, 0.05) is 5.56 Å². The highest BCUT2D eigenvalue weighted by Gasteiger charge is 2.33. The van der Waals surface area contributed by atoms with Crippen LogP contribution in [0.4, 0.5) is 10.2 Å². The predicted molar refractivity (Wildman–Crippen MR) is 115 cm³/mol. The number of hydrogen-bond donors (Lipinski definition) is 1. The molecule has 0 unspecified atom stereocenters. The summed E-state index contributed by atoms with van der Waals surface area (Å²) in [6, 6.07) is 13.1. The molecule has 0 spiro atoms. The van der Waals surface area contributed by atoms with Crippen molar-refractivity contribution >= 4 is 21.6 Å². The standard InChI is InChI=1S/C22H22FN3O4S/c1-14(2)15-3-9-18(10-4-15)30-11-21(27)24-22-19-12-31(28,29)13-20(19)25-26(22)17-7-5-16(23)6-8-17/h3-10,14H,11-13H2,1-2H3,(H,24,27). The molecule has 0 saturated carbocycles. The Morgan fingerprint density at radius 1 is 1.13 bits per heavy atom. The Morgan fingerprint density at radius 2 is 1.81 bits per heavy atom. The van der Waals surface area contributed by atoms with Gasteiger partial charge in [-0.05, 0) is 47.9 Å². The molecule has 162 valence electrons. The maximum atomic E-state index is 13.3. The van der Waals surface area contributed by atoms with Crippen molar-refractivity contribution in [3.63, 3.8) is 0 Å². The molecular weight excluding hydrogens is 421 g/mol. The van der Waals surface area contributed by atoms with Gasteiger partial charge in [-0.2, -0.15) is 5.10 Å². The van der Waals surface area contributed by atoms with Gasteiger partial charge >= 0.3 is 0 Å². The summed E-state index contributed by atoms with van der Waals surface area (Å²) in [6.07, 6.45) is 0. The number of ether oxygens (including phenoxy) is 1. The first kappa shape index (κ1) is 21.0. The third-order valence-corrected chi connectivity index (χ3v) is 6.48. The maximum Gasteiger partial charge on any atom is 0.263 e. The van der Waals surface area contributed by atoms with Crippen LogP contribution in [0.1, 0.15) is 36.6 Å². The lowest BCUT2D eigenvalue weighted by Crippen LogP contribution is -2.22. The molecular formula is C22H22FN3O4S. The van der Waals surface area contributed by atoms with E-state index in [1.165, 1.54) is 28.9 Å². The molecule has 3 aromatic rings. The van der Waals surface area contributed by atoms with Crippen molar-refractivity contribution in [2.75, 3.05) is 11.9 Å². The van der Waals surface area contributed by atoms with E-state index in [9.17, 15) is 17.6 Å². The second kappa shape index (κ2) is 8.14. The summed E-state index contributed by atoms with van der Waals surface area (Å²) in [5.74, 6) is -0.0699. The van der Waals surface area contributed by atoms with E-state index in [4.69, 9.17) is 4.74 Å². The summed E-state index contributed by atoms with van der Waals surface area (Å²) in [6.45, 7) is 3.93. The molecule has 0 bridgehead atoms. The van der Waals surface area contributed by atoms with E-state index in [1.807, 2.05) is 12.1 Å². The first-order valence-electron chi connectivity index (χ1n) is 9.81. The quantitative estimate of drug-likeness (QED) is 0.629. The number of anilines is 1. The first-order chi connectivity index (χ1) is 14.7. The minimum atomic E-state index is -3.31. The Hall–Kier alpha value is -3.20. The lowest BCUT2D eigenvalue weighted by molar-refractivity contribution is -0.118. The number of rotatable bonds is 6. The van der Waals surface area contributed by atoms with E-state index in [0.717, 1.165) is 5.56 Å². The smallest absolute Gasteiger partial charge is 0.263 e. The van der Waals surface area contributed by atoms with Gasteiger partial charge in [-0.25, -0.2) is 17.5 Å². The number of aromatic nitrogens is 2. The van der Waals surface area contributed by atoms with Gasteiger partial charge in [0.1, 0.15) is 17.4 Å². The van der Waals surface area contributed by atoms with Gasteiger partial charge < -0.3 is 10.1 Å². The molecule has 4 rings (SSSR count). The van der Waals surface area contributed by atoms with Crippen LogP contribution in [0.25, 0.3) is 5.69 Å². The number of sulfone groups is 1. The highest BCUT2D eigenvalue weighted by atomic mass is 32.2. The van der Waals surface area contributed by atoms with E-state index < -0.39 is 21.6 Å². The van der Waals surface area contributed by atoms with Gasteiger partial charge in [-0.1, -0.05) is 26.0 Å². The monoisotopic (exact) mass is 443 g/mol. The van der Waals surface area contributed by atoms with Crippen molar-refractivity contribution in [3.05, 3.63) is 71.2 Å². The minimum Gasteiger partial charge on any atom is -0.484 e. The Balaban J connectivity index is 1.54. The second-order valence-electron chi connectivity index (χ2n) is 7.75. The van der Waals surface area contributed by atoms with E-state index in [0.29, 0.717) is 28.6 Å². The molecule has 0 aliphatic carbocycles. The lowest BCUT2D eigenvalue weighted by Gasteiger charge is -2.12. The van der Waals surface area contributed by atoms with Gasteiger partial charge in [-0.3, -0.25) is 4.79 Å². The molecule has 7 nitrogen and oxygen atoms in total. The molecule has 1 aliphatic rings. The zero-order chi connectivity index (χ0) is 22.2. The van der Waals surface area contributed by atoms with Gasteiger partial charge in [-0.15, -0.1) is 0 Å². The number of carbonyl (C=O) groups excluding carboxylic acids is 1. The summed E-state index contributed by atoms with van der Waals surface area (Å²) in [7, 11) is -3.31. The van der Waals surface area contributed by atoms with Crippen LogP contribution in [0.2, 0.25) is 0 Å². The number of fused-ring (bicyclic) bond motifs is 1. The molecule has 1 amide bonds. The fourth-order valence-corrected chi connectivity index (χ4v) is 4.90. The molecule has 1 aromatic heterocycles. The molecule has 1 N–H and O–H groups in total. The summed E-state index contributed by atoms with van der Waals surface area (Å²) >= 11 is 0. The first-order valence-corrected chi connectivity index (χ1v) is 11.6. The number of nitrogens with one attached hydrogen (secondary N) is 1. The van der Waals surface area contributed by atoms with E-state index in [-0.39, 0.29) is 23.9 Å². The highest BCUT2D eigenvalue weighted by Crippen LogP contribution is 2.33. The average Bonchev–Trinajstić information content (AvgIpc) is 3.19. The third-order valence-electron chi connectivity index (χ3n) is 5.03. The normalized spacial score (nSPS) is 14.5. The number of carbonyl (C=O) groups is 1. The summed E-state index contributed by atoms with van der Waals surface area (Å²) < 4.78 is 44.4. The van der Waals surface area contributed by atoms with Gasteiger partial charge in [0.25, 0.3) is 5.91 Å². The fourth-order valence-electron chi connectivity index (χ4n) is 3.41. The van der Waals surface area contributed by atoms with E-state index in [1.54, 1.807) is 12.1 Å². The van der Waals surface area contributed by atoms with E-state index >= 15 is 0 Å². The highest BCUT2D eigenvalue weighted by molar-refractivity contribution is 7.90. The van der Waals surface area contributed by atoms with Crippen LogP contribution in [0, 0.1) is 5.82 Å². The van der Waals surface area contributed by atoms with Crippen molar-refractivity contribution in [1.29, 1.82) is 0 Å². The summed E-state index contributed by atoms with van der Waals surface area (Å²) in [4.78, 5) is 12.6. The predicted octanol–water partition coefficient (Wildman–Crippen LogP) is 3.58. The van der Waals surface area contributed by atoms with Crippen molar-refractivity contribution in [3.8, 4) is 11.4 Å². The molecule has 0 fully saturated rings. The molecule has 2 heterocycles. The molecule has 9 heteroatoms. The molecule has 0 radical (unpaired) electrons. The van der Waals surface area contributed by atoms with Gasteiger partial charge in [0.15, 0.2) is 16.4 Å². The SMILES string of the molecule is CC(C)c1ccc(OCC(=O)Nc2c3c(nn2-c2ccc(F)cc2)CS(=O)(=O)C3)cc1. The van der Waals surface area contributed by atoms with E-state index in [2.05, 4.69) is 24.3 Å². The van der Waals surface area contributed by atoms with Crippen LogP contribution >= 0.6 is 0 Å². The Labute approximate surface area is 179 Å². The number of halogens is 1. The number of hydrogen-bond acceptors (Lipinski definition) is 5. The van der Waals surface area contributed by atoms with Crippen LogP contribution in [0.3, 0.4) is 0 Å². The van der Waals surface area contributed by atoms with Crippen molar-refractivity contribution < 1.29 is 22.3 Å². The van der Waals surface area contributed by atoms with Crippen LogP contribution in [0.5, 0.6) is 5.75 Å². The third kappa shape index (κ3) is 4.61. The van der Waals surface area contributed by atoms with Crippen molar-refractivity contribution in [1.82, 2.24) is 9.78 Å². The Kier molecular flexibility index (Phi) is 5.53. The molecule has 2 aromatic carbocycles. The fraction of sp³-hybridized carbons (Fsp3) is 0.273. The Morgan fingerprint density at radius 3 is 2.45 bits per heavy atom. The summed E-state index contributed by atoms with van der Waals surface area (Å²) in [5, 5.41) is 7.06. The molecule has 0 saturated heterocycles. The lowest BCUT2D eigenvalue weighted by atomic mass is 10.0. The van der Waals surface area contributed by atoms with Crippen LogP contribution in [-0.2, 0) is 26.1 Å². The van der Waals surface area contributed by atoms with Gasteiger partial charge in [0.05, 0.1) is 22.9 Å². The number of benzene rings is 2. The topological polar surface area (TPSA) is 90.3 Å². The second-order valence-corrected chi connectivity index (χ2v) is 9.82.